The minimum Gasteiger partial charge on any atom is -0.314 e. The second-order valence-corrected chi connectivity index (χ2v) is 5.01. The van der Waals surface area contributed by atoms with Gasteiger partial charge in [-0.25, -0.2) is 4.39 Å². The Kier molecular flexibility index (Phi) is 4.72. The second-order valence-electron chi connectivity index (χ2n) is 5.01. The molecule has 1 N–H and O–H groups in total. The van der Waals surface area contributed by atoms with Crippen LogP contribution in [0, 0.1) is 23.1 Å². The number of nitrogens with one attached hydrogen (secondary N) is 1. The summed E-state index contributed by atoms with van der Waals surface area (Å²) in [6.45, 7) is 0.924. The van der Waals surface area contributed by atoms with Gasteiger partial charge in [-0.2, -0.15) is 5.26 Å². The van der Waals surface area contributed by atoms with Crippen LogP contribution in [-0.4, -0.2) is 12.6 Å². The van der Waals surface area contributed by atoms with E-state index in [1.807, 2.05) is 12.1 Å². The predicted octanol–water partition coefficient (Wildman–Crippen LogP) is 3.04. The van der Waals surface area contributed by atoms with Gasteiger partial charge in [-0.05, 0) is 56.3 Å². The summed E-state index contributed by atoms with van der Waals surface area (Å²) in [6, 6.07) is 9.59. The van der Waals surface area contributed by atoms with Gasteiger partial charge in [0.15, 0.2) is 0 Å². The summed E-state index contributed by atoms with van der Waals surface area (Å²) in [5.74, 6) is 0.0849. The molecule has 0 aromatic heterocycles. The van der Waals surface area contributed by atoms with Crippen LogP contribution in [0.5, 0.6) is 0 Å². The molecule has 0 amide bonds. The zero-order chi connectivity index (χ0) is 12.8. The molecule has 0 spiro atoms. The maximum Gasteiger partial charge on any atom is 0.123 e. The molecule has 0 atom stereocenters. The lowest BCUT2D eigenvalue weighted by molar-refractivity contribution is 0.334. The Balaban J connectivity index is 1.67. The van der Waals surface area contributed by atoms with E-state index >= 15 is 0 Å². The Hall–Kier alpha value is -1.40. The first-order valence-electron chi connectivity index (χ1n) is 6.65. The van der Waals surface area contributed by atoms with Gasteiger partial charge in [0.05, 0.1) is 6.07 Å². The van der Waals surface area contributed by atoms with E-state index in [1.54, 1.807) is 0 Å². The van der Waals surface area contributed by atoms with Crippen LogP contribution in [0.25, 0.3) is 0 Å². The molecule has 0 bridgehead atoms. The number of benzene rings is 1. The highest BCUT2D eigenvalue weighted by molar-refractivity contribution is 5.16. The second kappa shape index (κ2) is 6.51. The van der Waals surface area contributed by atoms with Gasteiger partial charge in [0.25, 0.3) is 0 Å². The van der Waals surface area contributed by atoms with Crippen molar-refractivity contribution in [3.05, 3.63) is 35.6 Å². The molecule has 1 aliphatic carbocycles. The van der Waals surface area contributed by atoms with E-state index in [1.165, 1.54) is 12.1 Å². The highest BCUT2D eigenvalue weighted by Gasteiger charge is 2.19. The van der Waals surface area contributed by atoms with Crippen molar-refractivity contribution in [2.45, 2.75) is 38.1 Å². The van der Waals surface area contributed by atoms with Gasteiger partial charge >= 0.3 is 0 Å². The lowest BCUT2D eigenvalue weighted by Crippen LogP contribution is -2.34. The van der Waals surface area contributed by atoms with E-state index in [0.717, 1.165) is 44.2 Å². The molecule has 1 aliphatic rings. The minimum atomic E-state index is -0.179. The Morgan fingerprint density at radius 1 is 1.17 bits per heavy atom. The van der Waals surface area contributed by atoms with Crippen molar-refractivity contribution >= 4 is 0 Å². The summed E-state index contributed by atoms with van der Waals surface area (Å²) < 4.78 is 12.7. The maximum absolute atomic E-state index is 12.7. The predicted molar refractivity (Wildman–Crippen MR) is 69.5 cm³/mol. The fourth-order valence-corrected chi connectivity index (χ4v) is 2.50. The summed E-state index contributed by atoms with van der Waals surface area (Å²) >= 11 is 0. The first-order valence-corrected chi connectivity index (χ1v) is 6.65. The van der Waals surface area contributed by atoms with Crippen molar-refractivity contribution < 1.29 is 4.39 Å². The smallest absolute Gasteiger partial charge is 0.123 e. The first kappa shape index (κ1) is 13.0. The topological polar surface area (TPSA) is 35.8 Å². The number of hydrogen-bond acceptors (Lipinski definition) is 2. The van der Waals surface area contributed by atoms with Crippen molar-refractivity contribution in [2.24, 2.45) is 5.92 Å². The van der Waals surface area contributed by atoms with Crippen LogP contribution in [0.1, 0.15) is 31.2 Å². The molecule has 1 aromatic rings. The van der Waals surface area contributed by atoms with Crippen LogP contribution < -0.4 is 5.32 Å². The van der Waals surface area contributed by atoms with Crippen LogP contribution in [0.15, 0.2) is 24.3 Å². The largest absolute Gasteiger partial charge is 0.314 e. The van der Waals surface area contributed by atoms with Gasteiger partial charge in [-0.3, -0.25) is 0 Å². The molecular weight excluding hydrogens is 227 g/mol. The zero-order valence-corrected chi connectivity index (χ0v) is 10.5. The molecule has 0 saturated heterocycles. The highest BCUT2D eigenvalue weighted by Crippen LogP contribution is 2.23. The molecule has 1 aromatic carbocycles. The monoisotopic (exact) mass is 246 g/mol. The van der Waals surface area contributed by atoms with Gasteiger partial charge in [-0.15, -0.1) is 0 Å². The molecular formula is C15H19FN2. The van der Waals surface area contributed by atoms with E-state index in [9.17, 15) is 4.39 Å². The summed E-state index contributed by atoms with van der Waals surface area (Å²) in [4.78, 5) is 0. The van der Waals surface area contributed by atoms with Crippen molar-refractivity contribution in [3.8, 4) is 6.07 Å². The Morgan fingerprint density at radius 2 is 1.83 bits per heavy atom. The Labute approximate surface area is 108 Å². The minimum absolute atomic E-state index is 0.179. The van der Waals surface area contributed by atoms with Crippen LogP contribution in [0.4, 0.5) is 4.39 Å². The zero-order valence-electron chi connectivity index (χ0n) is 10.5. The van der Waals surface area contributed by atoms with Crippen LogP contribution >= 0.6 is 0 Å². The SMILES string of the molecule is N#CC1CCC(NCCc2ccc(F)cc2)CC1. The fourth-order valence-electron chi connectivity index (χ4n) is 2.50. The third-order valence-electron chi connectivity index (χ3n) is 3.67. The highest BCUT2D eigenvalue weighted by atomic mass is 19.1. The average Bonchev–Trinajstić information content (AvgIpc) is 2.42. The molecule has 0 aliphatic heterocycles. The molecule has 1 fully saturated rings. The van der Waals surface area contributed by atoms with E-state index in [0.29, 0.717) is 6.04 Å². The van der Waals surface area contributed by atoms with Crippen LogP contribution in [-0.2, 0) is 6.42 Å². The number of nitriles is 1. The molecule has 18 heavy (non-hydrogen) atoms. The molecule has 3 heteroatoms. The summed E-state index contributed by atoms with van der Waals surface area (Å²) in [5, 5.41) is 12.3. The normalized spacial score (nSPS) is 23.6. The number of hydrogen-bond donors (Lipinski definition) is 1. The van der Waals surface area contributed by atoms with E-state index in [2.05, 4.69) is 11.4 Å². The third-order valence-corrected chi connectivity index (χ3v) is 3.67. The average molecular weight is 246 g/mol. The number of nitrogens with zero attached hydrogens (tertiary/aromatic N) is 1. The van der Waals surface area contributed by atoms with Gasteiger partial charge in [0.1, 0.15) is 5.82 Å². The molecule has 2 rings (SSSR count). The van der Waals surface area contributed by atoms with E-state index < -0.39 is 0 Å². The lowest BCUT2D eigenvalue weighted by Gasteiger charge is -2.25. The van der Waals surface area contributed by atoms with Crippen molar-refractivity contribution in [1.82, 2.24) is 5.32 Å². The maximum atomic E-state index is 12.7. The standard InChI is InChI=1S/C15H19FN2/c16-14-5-1-12(2-6-14)9-10-18-15-7-3-13(11-17)4-8-15/h1-2,5-6,13,15,18H,3-4,7-10H2. The summed E-state index contributed by atoms with van der Waals surface area (Å²) in [6.07, 6.45) is 5.16. The number of rotatable bonds is 4. The molecule has 2 nitrogen and oxygen atoms in total. The van der Waals surface area contributed by atoms with E-state index in [4.69, 9.17) is 5.26 Å². The molecule has 0 radical (unpaired) electrons. The quantitative estimate of drug-likeness (QED) is 0.886. The van der Waals surface area contributed by atoms with Gasteiger partial charge in [0, 0.05) is 12.0 Å². The van der Waals surface area contributed by atoms with Crippen molar-refractivity contribution in [2.75, 3.05) is 6.54 Å². The van der Waals surface area contributed by atoms with Crippen LogP contribution in [0.2, 0.25) is 0 Å². The fraction of sp³-hybridized carbons (Fsp3) is 0.533. The molecule has 1 saturated carbocycles. The first-order chi connectivity index (χ1) is 8.78. The lowest BCUT2D eigenvalue weighted by atomic mass is 9.87. The Bertz CT molecular complexity index is 399. The van der Waals surface area contributed by atoms with Crippen LogP contribution in [0.3, 0.4) is 0 Å². The molecule has 0 heterocycles. The summed E-state index contributed by atoms with van der Waals surface area (Å²) in [5.41, 5.74) is 1.16. The van der Waals surface area contributed by atoms with Gasteiger partial charge < -0.3 is 5.32 Å². The van der Waals surface area contributed by atoms with E-state index in [-0.39, 0.29) is 11.7 Å². The van der Waals surface area contributed by atoms with Gasteiger partial charge in [0.2, 0.25) is 0 Å². The van der Waals surface area contributed by atoms with Gasteiger partial charge in [-0.1, -0.05) is 12.1 Å². The summed E-state index contributed by atoms with van der Waals surface area (Å²) in [7, 11) is 0. The number of halogens is 1. The molecule has 0 unspecified atom stereocenters. The third kappa shape index (κ3) is 3.82. The van der Waals surface area contributed by atoms with Crippen molar-refractivity contribution in [3.63, 3.8) is 0 Å². The van der Waals surface area contributed by atoms with Crippen molar-refractivity contribution in [1.29, 1.82) is 5.26 Å². The molecule has 96 valence electrons. The Morgan fingerprint density at radius 3 is 2.44 bits per heavy atom.